The Morgan fingerprint density at radius 3 is 1.25 bits per heavy atom. The molecule has 0 spiro atoms. The maximum atomic E-state index is 13.6. The number of aromatic hydroxyl groups is 8. The van der Waals surface area contributed by atoms with E-state index in [0.717, 1.165) is 54.6 Å². The topological polar surface area (TPSA) is 278 Å². The summed E-state index contributed by atoms with van der Waals surface area (Å²) in [5.74, 6) is -9.60. The summed E-state index contributed by atoms with van der Waals surface area (Å²) in [6.07, 6.45) is -5.14. The number of aliphatic carboxylic acids is 1. The van der Waals surface area contributed by atoms with E-state index >= 15 is 0 Å². The summed E-state index contributed by atoms with van der Waals surface area (Å²) in [5, 5.41) is 87.8. The number of benzene rings is 4. The molecule has 0 amide bonds. The second-order valence-corrected chi connectivity index (χ2v) is 11.3. The molecule has 0 radical (unpaired) electrons. The number of hydrogen-bond acceptors (Lipinski definition) is 15. The Hall–Kier alpha value is -7.10. The number of carboxylic acid groups (broad SMARTS) is 1. The molecule has 4 aromatic rings. The zero-order valence-electron chi connectivity index (χ0n) is 26.8. The van der Waals surface area contributed by atoms with Crippen molar-refractivity contribution in [1.29, 1.82) is 0 Å². The van der Waals surface area contributed by atoms with Crippen molar-refractivity contribution in [2.45, 2.75) is 37.6 Å². The average Bonchev–Trinajstić information content (AvgIpc) is 3.09. The van der Waals surface area contributed by atoms with Crippen molar-refractivity contribution in [2.24, 2.45) is 0 Å². The number of rotatable bonds is 14. The minimum Gasteiger partial charge on any atom is -0.504 e. The van der Waals surface area contributed by atoms with Gasteiger partial charge in [0, 0.05) is 25.3 Å². The van der Waals surface area contributed by atoms with Crippen molar-refractivity contribution in [3.05, 3.63) is 101 Å². The SMILES string of the molecule is O=C(/C=C/c1ccc(O)c(O)c1)OC(Cc1ccc(O)c(O)c1)C(=O)OC(Cc1ccc(O)c(O)c1)C(=O)OC(Cc1ccc(O)c(O)c1)C(=O)O. The minimum absolute atomic E-state index is 0.109. The molecular weight excluding hydrogens is 688 g/mol. The molecule has 0 heterocycles. The first-order valence-electron chi connectivity index (χ1n) is 15.2. The lowest BCUT2D eigenvalue weighted by Gasteiger charge is -2.23. The van der Waals surface area contributed by atoms with Crippen LogP contribution in [0.3, 0.4) is 0 Å². The van der Waals surface area contributed by atoms with Crippen LogP contribution in [0.1, 0.15) is 22.3 Å². The van der Waals surface area contributed by atoms with E-state index in [1.807, 2.05) is 0 Å². The lowest BCUT2D eigenvalue weighted by Crippen LogP contribution is -2.40. The van der Waals surface area contributed by atoms with Gasteiger partial charge >= 0.3 is 23.9 Å². The van der Waals surface area contributed by atoms with Crippen molar-refractivity contribution in [2.75, 3.05) is 0 Å². The fraction of sp³-hybridized carbons (Fsp3) is 0.167. The highest BCUT2D eigenvalue weighted by atomic mass is 16.6. The van der Waals surface area contributed by atoms with Gasteiger partial charge in [-0.15, -0.1) is 0 Å². The molecule has 0 fully saturated rings. The van der Waals surface area contributed by atoms with Crippen molar-refractivity contribution >= 4 is 30.0 Å². The van der Waals surface area contributed by atoms with E-state index in [1.54, 1.807) is 0 Å². The second kappa shape index (κ2) is 16.5. The lowest BCUT2D eigenvalue weighted by atomic mass is 10.1. The molecule has 0 bridgehead atoms. The summed E-state index contributed by atoms with van der Waals surface area (Å²) in [4.78, 5) is 52.0. The molecule has 0 saturated heterocycles. The van der Waals surface area contributed by atoms with Crippen LogP contribution in [0.5, 0.6) is 46.0 Å². The van der Waals surface area contributed by atoms with Crippen LogP contribution in [0.4, 0.5) is 0 Å². The van der Waals surface area contributed by atoms with Crippen molar-refractivity contribution in [3.63, 3.8) is 0 Å². The van der Waals surface area contributed by atoms with E-state index in [0.29, 0.717) is 0 Å². The van der Waals surface area contributed by atoms with Crippen LogP contribution in [-0.2, 0) is 52.7 Å². The fourth-order valence-corrected chi connectivity index (χ4v) is 4.68. The number of ether oxygens (including phenoxy) is 3. The van der Waals surface area contributed by atoms with Crippen LogP contribution in [0.15, 0.2) is 78.9 Å². The van der Waals surface area contributed by atoms with E-state index < -0.39 is 107 Å². The van der Waals surface area contributed by atoms with Gasteiger partial charge in [-0.05, 0) is 76.9 Å². The first-order chi connectivity index (χ1) is 24.6. The predicted molar refractivity (Wildman–Crippen MR) is 177 cm³/mol. The molecule has 3 atom stereocenters. The molecule has 3 unspecified atom stereocenters. The molecule has 52 heavy (non-hydrogen) atoms. The molecule has 9 N–H and O–H groups in total. The Bertz CT molecular complexity index is 2000. The normalized spacial score (nSPS) is 12.8. The van der Waals surface area contributed by atoms with Gasteiger partial charge in [0.05, 0.1) is 0 Å². The van der Waals surface area contributed by atoms with Gasteiger partial charge in [0.1, 0.15) is 0 Å². The van der Waals surface area contributed by atoms with Gasteiger partial charge in [-0.2, -0.15) is 0 Å². The highest BCUT2D eigenvalue weighted by Gasteiger charge is 2.34. The first-order valence-corrected chi connectivity index (χ1v) is 15.2. The van der Waals surface area contributed by atoms with E-state index in [-0.39, 0.29) is 22.3 Å². The predicted octanol–water partition coefficient (Wildman–Crippen LogP) is 2.89. The lowest BCUT2D eigenvalue weighted by molar-refractivity contribution is -0.182. The molecule has 0 aliphatic rings. The summed E-state index contributed by atoms with van der Waals surface area (Å²) in [5.41, 5.74) is 0.665. The second-order valence-electron chi connectivity index (χ2n) is 11.3. The maximum absolute atomic E-state index is 13.6. The van der Waals surface area contributed by atoms with Crippen molar-refractivity contribution in [3.8, 4) is 46.0 Å². The summed E-state index contributed by atoms with van der Waals surface area (Å²) in [6.45, 7) is 0. The number of carbonyl (C=O) groups is 4. The molecule has 16 heteroatoms. The molecular formula is C36H32O16. The Morgan fingerprint density at radius 2 is 0.846 bits per heavy atom. The number of esters is 3. The van der Waals surface area contributed by atoms with Crippen LogP contribution < -0.4 is 0 Å². The summed E-state index contributed by atoms with van der Waals surface area (Å²) < 4.78 is 16.0. The third kappa shape index (κ3) is 10.2. The van der Waals surface area contributed by atoms with Gasteiger partial charge in [0.25, 0.3) is 0 Å². The average molecular weight is 721 g/mol. The summed E-state index contributed by atoms with van der Waals surface area (Å²) in [6, 6.07) is 13.9. The van der Waals surface area contributed by atoms with Gasteiger partial charge < -0.3 is 60.2 Å². The molecule has 0 aliphatic carbocycles. The standard InChI is InChI=1S/C36H32O16/c37-22-6-1-18(11-26(22)41)5-10-33(45)50-31(16-20-3-8-24(39)28(43)13-20)35(48)52-32(17-21-4-9-25(40)29(44)14-21)36(49)51-30(34(46)47)15-19-2-7-23(38)27(42)12-19/h1-14,30-32,37-44H,15-17H2,(H,46,47)/b10-5+. The highest BCUT2D eigenvalue weighted by Crippen LogP contribution is 2.29. The maximum Gasteiger partial charge on any atom is 0.348 e. The first kappa shape index (κ1) is 37.7. The van der Waals surface area contributed by atoms with Crippen LogP contribution in [0, 0.1) is 0 Å². The van der Waals surface area contributed by atoms with Crippen molar-refractivity contribution < 1.29 is 79.3 Å². The quantitative estimate of drug-likeness (QED) is 0.0392. The third-order valence-corrected chi connectivity index (χ3v) is 7.37. The molecule has 16 nitrogen and oxygen atoms in total. The van der Waals surface area contributed by atoms with E-state index in [2.05, 4.69) is 0 Å². The zero-order chi connectivity index (χ0) is 38.1. The zero-order valence-corrected chi connectivity index (χ0v) is 26.8. The Kier molecular flexibility index (Phi) is 12.0. The van der Waals surface area contributed by atoms with Gasteiger partial charge in [0.15, 0.2) is 46.0 Å². The van der Waals surface area contributed by atoms with Gasteiger partial charge in [-0.3, -0.25) is 0 Å². The Morgan fingerprint density at radius 1 is 0.481 bits per heavy atom. The van der Waals surface area contributed by atoms with E-state index in [1.165, 1.54) is 30.3 Å². The molecule has 4 aromatic carbocycles. The molecule has 4 rings (SSSR count). The van der Waals surface area contributed by atoms with Crippen LogP contribution >= 0.6 is 0 Å². The Balaban J connectivity index is 1.62. The van der Waals surface area contributed by atoms with Crippen molar-refractivity contribution in [1.82, 2.24) is 0 Å². The van der Waals surface area contributed by atoms with E-state index in [4.69, 9.17) is 14.2 Å². The van der Waals surface area contributed by atoms with E-state index in [9.17, 15) is 65.1 Å². The van der Waals surface area contributed by atoms with Crippen LogP contribution in [0.25, 0.3) is 6.08 Å². The molecule has 0 saturated carbocycles. The minimum atomic E-state index is -1.95. The number of carbonyl (C=O) groups excluding carboxylic acids is 3. The molecule has 0 aliphatic heterocycles. The van der Waals surface area contributed by atoms with Gasteiger partial charge in [-0.1, -0.05) is 24.3 Å². The summed E-state index contributed by atoms with van der Waals surface area (Å²) in [7, 11) is 0. The van der Waals surface area contributed by atoms with Crippen LogP contribution in [-0.4, -0.2) is 88.1 Å². The number of carboxylic acids is 1. The third-order valence-electron chi connectivity index (χ3n) is 7.37. The number of phenolic OH excluding ortho intramolecular Hbond substituents is 8. The summed E-state index contributed by atoms with van der Waals surface area (Å²) >= 11 is 0. The largest absolute Gasteiger partial charge is 0.504 e. The fourth-order valence-electron chi connectivity index (χ4n) is 4.68. The number of phenols is 8. The molecule has 272 valence electrons. The number of hydrogen-bond donors (Lipinski definition) is 9. The van der Waals surface area contributed by atoms with Gasteiger partial charge in [-0.25, -0.2) is 19.2 Å². The van der Waals surface area contributed by atoms with Crippen LogP contribution in [0.2, 0.25) is 0 Å². The highest BCUT2D eigenvalue weighted by molar-refractivity contribution is 5.90. The Labute approximate surface area is 293 Å². The monoisotopic (exact) mass is 720 g/mol. The molecule has 0 aromatic heterocycles. The smallest absolute Gasteiger partial charge is 0.348 e. The van der Waals surface area contributed by atoms with Gasteiger partial charge in [0.2, 0.25) is 18.3 Å².